The number of ketones is 1. The maximum absolute atomic E-state index is 10.1. The second kappa shape index (κ2) is 9.41. The first-order valence-electron chi connectivity index (χ1n) is 5.23. The molecule has 0 unspecified atom stereocenters. The number of hydrogen-bond donors (Lipinski definition) is 0. The molecule has 0 N–H and O–H groups in total. The summed E-state index contributed by atoms with van der Waals surface area (Å²) in [6, 6.07) is 10.5. The van der Waals surface area contributed by atoms with E-state index in [1.807, 2.05) is 6.07 Å². The highest BCUT2D eigenvalue weighted by Gasteiger charge is 1.87. The van der Waals surface area contributed by atoms with Gasteiger partial charge in [-0.05, 0) is 18.9 Å². The highest BCUT2D eigenvalue weighted by Crippen LogP contribution is 1.96. The number of aryl methyl sites for hydroxylation is 1. The standard InChI is InChI=1S/C8H10.C5H10O2.H2/c1-2-8-6-4-3-5-7-8;1-5(6)3-4-7-2;/h3-7H,2H2,1H3;3-4H2,1-2H3;1H. The molecule has 0 radical (unpaired) electrons. The average molecular weight is 210 g/mol. The smallest absolute Gasteiger partial charge is 0.132 e. The number of methoxy groups -OCH3 is 1. The van der Waals surface area contributed by atoms with E-state index < -0.39 is 0 Å². The molecule has 0 saturated carbocycles. The second-order valence-corrected chi connectivity index (χ2v) is 3.28. The summed E-state index contributed by atoms with van der Waals surface area (Å²) in [5.41, 5.74) is 1.41. The lowest BCUT2D eigenvalue weighted by Gasteiger charge is -1.89. The van der Waals surface area contributed by atoms with Crippen LogP contribution in [0.1, 0.15) is 27.3 Å². The number of Topliss-reactive ketones (excluding diaryl/α,β-unsaturated/α-hetero) is 1. The van der Waals surface area contributed by atoms with Crippen molar-refractivity contribution in [3.63, 3.8) is 0 Å². The van der Waals surface area contributed by atoms with E-state index in [1.54, 1.807) is 14.0 Å². The van der Waals surface area contributed by atoms with Gasteiger partial charge in [-0.1, -0.05) is 37.3 Å². The van der Waals surface area contributed by atoms with Crippen LogP contribution >= 0.6 is 0 Å². The van der Waals surface area contributed by atoms with E-state index in [2.05, 4.69) is 35.9 Å². The van der Waals surface area contributed by atoms with Crippen LogP contribution in [0.15, 0.2) is 30.3 Å². The van der Waals surface area contributed by atoms with Crippen molar-refractivity contribution in [2.24, 2.45) is 0 Å². The summed E-state index contributed by atoms with van der Waals surface area (Å²) >= 11 is 0. The quantitative estimate of drug-likeness (QED) is 0.763. The minimum absolute atomic E-state index is 0. The van der Waals surface area contributed by atoms with Gasteiger partial charge in [0.15, 0.2) is 0 Å². The number of hydrogen-bond acceptors (Lipinski definition) is 2. The molecule has 0 fully saturated rings. The molecule has 2 heteroatoms. The van der Waals surface area contributed by atoms with Gasteiger partial charge in [-0.3, -0.25) is 4.79 Å². The first kappa shape index (κ1) is 13.8. The Hall–Kier alpha value is -1.15. The Bertz CT molecular complexity index is 260. The summed E-state index contributed by atoms with van der Waals surface area (Å²) in [5, 5.41) is 0. The minimum Gasteiger partial charge on any atom is -0.384 e. The third kappa shape index (κ3) is 9.16. The molecule has 1 aromatic carbocycles. The molecule has 1 rings (SSSR count). The number of ether oxygens (including phenoxy) is 1. The summed E-state index contributed by atoms with van der Waals surface area (Å²) in [4.78, 5) is 10.1. The van der Waals surface area contributed by atoms with Gasteiger partial charge in [-0.2, -0.15) is 0 Å². The Morgan fingerprint density at radius 3 is 2.20 bits per heavy atom. The number of carbonyl (C=O) groups is 1. The van der Waals surface area contributed by atoms with Crippen LogP contribution in [0.5, 0.6) is 0 Å². The van der Waals surface area contributed by atoms with Crippen molar-refractivity contribution in [3.05, 3.63) is 35.9 Å². The minimum atomic E-state index is 0. The predicted molar refractivity (Wildman–Crippen MR) is 65.1 cm³/mol. The SMILES string of the molecule is CCc1ccccc1.COCCC(C)=O.[HH]. The Morgan fingerprint density at radius 1 is 1.33 bits per heavy atom. The van der Waals surface area contributed by atoms with Crippen molar-refractivity contribution in [1.82, 2.24) is 0 Å². The topological polar surface area (TPSA) is 26.3 Å². The Balaban J connectivity index is 0. The van der Waals surface area contributed by atoms with E-state index in [9.17, 15) is 4.79 Å². The summed E-state index contributed by atoms with van der Waals surface area (Å²) < 4.78 is 4.63. The monoisotopic (exact) mass is 210 g/mol. The molecule has 2 nitrogen and oxygen atoms in total. The van der Waals surface area contributed by atoms with Crippen LogP contribution in [0.25, 0.3) is 0 Å². The molecule has 0 saturated heterocycles. The maximum atomic E-state index is 10.1. The highest BCUT2D eigenvalue weighted by atomic mass is 16.5. The third-order valence-electron chi connectivity index (χ3n) is 1.91. The van der Waals surface area contributed by atoms with Crippen LogP contribution in [-0.2, 0) is 16.0 Å². The van der Waals surface area contributed by atoms with Gasteiger partial charge < -0.3 is 4.74 Å². The van der Waals surface area contributed by atoms with E-state index in [1.165, 1.54) is 5.56 Å². The first-order chi connectivity index (χ1) is 7.20. The molecule has 0 spiro atoms. The van der Waals surface area contributed by atoms with Crippen LogP contribution in [0.3, 0.4) is 0 Å². The van der Waals surface area contributed by atoms with E-state index in [0.29, 0.717) is 13.0 Å². The molecule has 0 bridgehead atoms. The zero-order valence-electron chi connectivity index (χ0n) is 9.82. The lowest BCUT2D eigenvalue weighted by molar-refractivity contribution is -0.117. The van der Waals surface area contributed by atoms with Gasteiger partial charge in [0.2, 0.25) is 0 Å². The molecule has 0 amide bonds. The van der Waals surface area contributed by atoms with Gasteiger partial charge in [0.05, 0.1) is 6.61 Å². The first-order valence-corrected chi connectivity index (χ1v) is 5.23. The lowest BCUT2D eigenvalue weighted by atomic mass is 10.2. The Kier molecular flexibility index (Phi) is 8.69. The van der Waals surface area contributed by atoms with Crippen molar-refractivity contribution < 1.29 is 11.0 Å². The number of benzene rings is 1. The van der Waals surface area contributed by atoms with Gasteiger partial charge in [-0.15, -0.1) is 0 Å². The van der Waals surface area contributed by atoms with Crippen molar-refractivity contribution in [3.8, 4) is 0 Å². The van der Waals surface area contributed by atoms with E-state index in [0.717, 1.165) is 6.42 Å². The predicted octanol–water partition coefficient (Wildman–Crippen LogP) is 3.11. The van der Waals surface area contributed by atoms with Crippen LogP contribution in [-0.4, -0.2) is 19.5 Å². The molecule has 0 aromatic heterocycles. The van der Waals surface area contributed by atoms with Crippen LogP contribution < -0.4 is 0 Å². The third-order valence-corrected chi connectivity index (χ3v) is 1.91. The fourth-order valence-corrected chi connectivity index (χ4v) is 0.960. The Labute approximate surface area is 93.8 Å². The zero-order chi connectivity index (χ0) is 11.5. The van der Waals surface area contributed by atoms with Crippen molar-refractivity contribution in [2.45, 2.75) is 26.7 Å². The van der Waals surface area contributed by atoms with Gasteiger partial charge in [0, 0.05) is 15.0 Å². The molecule has 0 aliphatic heterocycles. The second-order valence-electron chi connectivity index (χ2n) is 3.28. The molecule has 1 aromatic rings. The number of rotatable bonds is 4. The zero-order valence-corrected chi connectivity index (χ0v) is 9.82. The normalized spacial score (nSPS) is 9.00. The van der Waals surface area contributed by atoms with E-state index in [4.69, 9.17) is 0 Å². The molecule has 0 heterocycles. The number of carbonyl (C=O) groups excluding carboxylic acids is 1. The lowest BCUT2D eigenvalue weighted by Crippen LogP contribution is -1.95. The molecule has 0 atom stereocenters. The Morgan fingerprint density at radius 2 is 1.93 bits per heavy atom. The molecule has 0 aliphatic carbocycles. The average Bonchev–Trinajstić information content (AvgIpc) is 2.28. The molecule has 0 aliphatic rings. The highest BCUT2D eigenvalue weighted by molar-refractivity contribution is 5.75. The summed E-state index contributed by atoms with van der Waals surface area (Å²) in [5.74, 6) is 0.182. The van der Waals surface area contributed by atoms with Crippen molar-refractivity contribution in [1.29, 1.82) is 0 Å². The largest absolute Gasteiger partial charge is 0.384 e. The summed E-state index contributed by atoms with van der Waals surface area (Å²) in [6.45, 7) is 4.27. The maximum Gasteiger partial charge on any atom is 0.132 e. The van der Waals surface area contributed by atoms with E-state index >= 15 is 0 Å². The van der Waals surface area contributed by atoms with Gasteiger partial charge in [0.25, 0.3) is 0 Å². The van der Waals surface area contributed by atoms with E-state index in [-0.39, 0.29) is 7.21 Å². The fourth-order valence-electron chi connectivity index (χ4n) is 0.960. The molecular formula is C13H22O2. The fraction of sp³-hybridized carbons (Fsp3) is 0.462. The van der Waals surface area contributed by atoms with Crippen molar-refractivity contribution in [2.75, 3.05) is 13.7 Å². The molecule has 15 heavy (non-hydrogen) atoms. The summed E-state index contributed by atoms with van der Waals surface area (Å²) in [7, 11) is 1.59. The van der Waals surface area contributed by atoms with Gasteiger partial charge >= 0.3 is 0 Å². The molecular weight excluding hydrogens is 188 g/mol. The van der Waals surface area contributed by atoms with Gasteiger partial charge in [-0.25, -0.2) is 0 Å². The van der Waals surface area contributed by atoms with Gasteiger partial charge in [0.1, 0.15) is 5.78 Å². The molecule has 86 valence electrons. The van der Waals surface area contributed by atoms with Crippen LogP contribution in [0.4, 0.5) is 0 Å². The van der Waals surface area contributed by atoms with Crippen molar-refractivity contribution >= 4 is 5.78 Å². The summed E-state index contributed by atoms with van der Waals surface area (Å²) in [6.07, 6.45) is 1.68. The van der Waals surface area contributed by atoms with Crippen LogP contribution in [0, 0.1) is 0 Å². The van der Waals surface area contributed by atoms with Crippen LogP contribution in [0.2, 0.25) is 0 Å².